The number of aliphatic hydroxyl groups is 1. The van der Waals surface area contributed by atoms with Crippen molar-refractivity contribution in [1.29, 1.82) is 0 Å². The van der Waals surface area contributed by atoms with Crippen LogP contribution in [0.15, 0.2) is 46.7 Å². The Morgan fingerprint density at radius 1 is 1.21 bits per heavy atom. The fourth-order valence-electron chi connectivity index (χ4n) is 1.69. The second kappa shape index (κ2) is 5.83. The third-order valence-electron chi connectivity index (χ3n) is 2.69. The summed E-state index contributed by atoms with van der Waals surface area (Å²) < 4.78 is 27.2. The Labute approximate surface area is 116 Å². The zero-order valence-electron chi connectivity index (χ0n) is 10.4. The highest BCUT2D eigenvalue weighted by Crippen LogP contribution is 2.23. The van der Waals surface area contributed by atoms with Gasteiger partial charge in [-0.3, -0.25) is 0 Å². The zero-order chi connectivity index (χ0) is 13.9. The summed E-state index contributed by atoms with van der Waals surface area (Å²) in [5, 5.41) is 8.97. The molecule has 1 aromatic heterocycles. The van der Waals surface area contributed by atoms with Gasteiger partial charge in [0.1, 0.15) is 4.21 Å². The van der Waals surface area contributed by atoms with Gasteiger partial charge in [-0.2, -0.15) is 0 Å². The lowest BCUT2D eigenvalue weighted by atomic mass is 10.1. The van der Waals surface area contributed by atoms with Crippen molar-refractivity contribution in [2.24, 2.45) is 0 Å². The third kappa shape index (κ3) is 3.42. The minimum Gasteiger partial charge on any atom is -0.391 e. The molecule has 0 aliphatic rings. The maximum absolute atomic E-state index is 12.2. The third-order valence-corrected chi connectivity index (χ3v) is 5.79. The van der Waals surface area contributed by atoms with Crippen LogP contribution in [0.1, 0.15) is 23.4 Å². The van der Waals surface area contributed by atoms with Crippen LogP contribution in [0.4, 0.5) is 0 Å². The summed E-state index contributed by atoms with van der Waals surface area (Å²) in [5.41, 5.74) is 0.907. The van der Waals surface area contributed by atoms with Crippen LogP contribution >= 0.6 is 11.3 Å². The molecule has 0 fully saturated rings. The molecule has 0 radical (unpaired) electrons. The first kappa shape index (κ1) is 14.2. The zero-order valence-corrected chi connectivity index (χ0v) is 12.0. The molecule has 4 nitrogen and oxygen atoms in total. The van der Waals surface area contributed by atoms with E-state index in [2.05, 4.69) is 4.72 Å². The van der Waals surface area contributed by atoms with Crippen LogP contribution in [0.5, 0.6) is 0 Å². The molecule has 1 unspecified atom stereocenters. The van der Waals surface area contributed by atoms with Gasteiger partial charge in [0.2, 0.25) is 0 Å². The van der Waals surface area contributed by atoms with Crippen molar-refractivity contribution >= 4 is 21.4 Å². The molecule has 102 valence electrons. The lowest BCUT2D eigenvalue weighted by molar-refractivity contribution is 0.285. The molecule has 2 rings (SSSR count). The maximum atomic E-state index is 12.2. The van der Waals surface area contributed by atoms with Crippen LogP contribution in [0, 0.1) is 0 Å². The summed E-state index contributed by atoms with van der Waals surface area (Å²) in [6.45, 7) is 1.65. The minimum atomic E-state index is -3.54. The van der Waals surface area contributed by atoms with Crippen LogP contribution in [-0.2, 0) is 16.6 Å². The first-order valence-corrected chi connectivity index (χ1v) is 8.10. The average Bonchev–Trinajstić information content (AvgIpc) is 2.89. The molecule has 0 aliphatic carbocycles. The van der Waals surface area contributed by atoms with Crippen molar-refractivity contribution in [1.82, 2.24) is 4.72 Å². The second-order valence-electron chi connectivity index (χ2n) is 4.13. The molecule has 19 heavy (non-hydrogen) atoms. The van der Waals surface area contributed by atoms with Crippen LogP contribution in [-0.4, -0.2) is 13.5 Å². The highest BCUT2D eigenvalue weighted by Gasteiger charge is 2.20. The highest BCUT2D eigenvalue weighted by molar-refractivity contribution is 7.91. The Balaban J connectivity index is 2.17. The van der Waals surface area contributed by atoms with E-state index in [0.717, 1.165) is 16.9 Å². The van der Waals surface area contributed by atoms with E-state index in [9.17, 15) is 8.42 Å². The SMILES string of the molecule is CC(NS(=O)(=O)c1ccc(CO)s1)c1ccccc1. The number of rotatable bonds is 5. The van der Waals surface area contributed by atoms with E-state index in [4.69, 9.17) is 5.11 Å². The molecule has 6 heteroatoms. The fourth-order valence-corrected chi connectivity index (χ4v) is 4.15. The predicted molar refractivity (Wildman–Crippen MR) is 75.4 cm³/mol. The van der Waals surface area contributed by atoms with Gasteiger partial charge < -0.3 is 5.11 Å². The van der Waals surface area contributed by atoms with E-state index >= 15 is 0 Å². The summed E-state index contributed by atoms with van der Waals surface area (Å²) in [6, 6.07) is 12.2. The Morgan fingerprint density at radius 2 is 1.89 bits per heavy atom. The van der Waals surface area contributed by atoms with Gasteiger partial charge in [0.15, 0.2) is 0 Å². The first-order chi connectivity index (χ1) is 9.03. The van der Waals surface area contributed by atoms with E-state index in [1.54, 1.807) is 13.0 Å². The molecule has 0 spiro atoms. The Kier molecular flexibility index (Phi) is 4.36. The monoisotopic (exact) mass is 297 g/mol. The van der Waals surface area contributed by atoms with Gasteiger partial charge in [-0.25, -0.2) is 13.1 Å². The number of thiophene rings is 1. The summed E-state index contributed by atoms with van der Waals surface area (Å²) in [5.74, 6) is 0. The maximum Gasteiger partial charge on any atom is 0.250 e. The van der Waals surface area contributed by atoms with Gasteiger partial charge in [0, 0.05) is 10.9 Å². The molecule has 2 aromatic rings. The van der Waals surface area contributed by atoms with Crippen LogP contribution < -0.4 is 4.72 Å². The predicted octanol–water partition coefficient (Wildman–Crippen LogP) is 2.28. The Bertz CT molecular complexity index is 635. The topological polar surface area (TPSA) is 66.4 Å². The average molecular weight is 297 g/mol. The van der Waals surface area contributed by atoms with Crippen molar-refractivity contribution in [3.8, 4) is 0 Å². The molecule has 2 N–H and O–H groups in total. The molecule has 1 heterocycles. The largest absolute Gasteiger partial charge is 0.391 e. The molecule has 0 amide bonds. The number of hydrogen-bond donors (Lipinski definition) is 2. The molecule has 0 saturated carbocycles. The van der Waals surface area contributed by atoms with Gasteiger partial charge in [-0.1, -0.05) is 30.3 Å². The molecule has 0 aliphatic heterocycles. The van der Waals surface area contributed by atoms with E-state index < -0.39 is 10.0 Å². The van der Waals surface area contributed by atoms with E-state index in [1.807, 2.05) is 30.3 Å². The van der Waals surface area contributed by atoms with Crippen molar-refractivity contribution in [3.05, 3.63) is 52.9 Å². The summed E-state index contributed by atoms with van der Waals surface area (Å²) in [6.07, 6.45) is 0. The van der Waals surface area contributed by atoms with Crippen molar-refractivity contribution < 1.29 is 13.5 Å². The highest BCUT2D eigenvalue weighted by atomic mass is 32.2. The lowest BCUT2D eigenvalue weighted by Crippen LogP contribution is -2.26. The van der Waals surface area contributed by atoms with Crippen molar-refractivity contribution in [2.75, 3.05) is 0 Å². The number of aliphatic hydroxyl groups excluding tert-OH is 1. The smallest absolute Gasteiger partial charge is 0.250 e. The standard InChI is InChI=1S/C13H15NO3S2/c1-10(11-5-3-2-4-6-11)14-19(16,17)13-8-7-12(9-15)18-13/h2-8,10,14-15H,9H2,1H3. The van der Waals surface area contributed by atoms with Crippen molar-refractivity contribution in [3.63, 3.8) is 0 Å². The molecule has 0 saturated heterocycles. The summed E-state index contributed by atoms with van der Waals surface area (Å²) in [4.78, 5) is 0.632. The number of hydrogen-bond acceptors (Lipinski definition) is 4. The van der Waals surface area contributed by atoms with Crippen LogP contribution in [0.3, 0.4) is 0 Å². The quantitative estimate of drug-likeness (QED) is 0.890. The Morgan fingerprint density at radius 3 is 2.47 bits per heavy atom. The van der Waals surface area contributed by atoms with Gasteiger partial charge >= 0.3 is 0 Å². The van der Waals surface area contributed by atoms with E-state index in [0.29, 0.717) is 4.88 Å². The van der Waals surface area contributed by atoms with Gasteiger partial charge in [-0.05, 0) is 24.6 Å². The lowest BCUT2D eigenvalue weighted by Gasteiger charge is -2.13. The number of nitrogens with one attached hydrogen (secondary N) is 1. The fraction of sp³-hybridized carbons (Fsp3) is 0.231. The number of benzene rings is 1. The summed E-state index contributed by atoms with van der Waals surface area (Å²) >= 11 is 1.08. The van der Waals surface area contributed by atoms with Gasteiger partial charge in [0.25, 0.3) is 10.0 Å². The van der Waals surface area contributed by atoms with Gasteiger partial charge in [0.05, 0.1) is 6.61 Å². The van der Waals surface area contributed by atoms with E-state index in [1.165, 1.54) is 6.07 Å². The van der Waals surface area contributed by atoms with Crippen LogP contribution in [0.2, 0.25) is 0 Å². The normalized spacial score (nSPS) is 13.4. The second-order valence-corrected chi connectivity index (χ2v) is 7.24. The number of sulfonamides is 1. The summed E-state index contributed by atoms with van der Waals surface area (Å²) in [7, 11) is -3.54. The molecule has 1 aromatic carbocycles. The molecule has 1 atom stereocenters. The first-order valence-electron chi connectivity index (χ1n) is 5.80. The van der Waals surface area contributed by atoms with Crippen LogP contribution in [0.25, 0.3) is 0 Å². The molecule has 0 bridgehead atoms. The van der Waals surface area contributed by atoms with E-state index in [-0.39, 0.29) is 16.9 Å². The molecular formula is C13H15NO3S2. The van der Waals surface area contributed by atoms with Crippen molar-refractivity contribution in [2.45, 2.75) is 23.8 Å². The Hall–Kier alpha value is -1.21. The molecular weight excluding hydrogens is 282 g/mol. The van der Waals surface area contributed by atoms with Gasteiger partial charge in [-0.15, -0.1) is 11.3 Å². The minimum absolute atomic E-state index is 0.144.